The van der Waals surface area contributed by atoms with Gasteiger partial charge in [0.15, 0.2) is 0 Å². The van der Waals surface area contributed by atoms with Crippen molar-refractivity contribution in [1.82, 2.24) is 0 Å². The van der Waals surface area contributed by atoms with Gasteiger partial charge in [-0.15, -0.1) is 17.0 Å². The second-order valence-corrected chi connectivity index (χ2v) is 7.30. The minimum absolute atomic E-state index is 0. The molecule has 0 aliphatic carbocycles. The average Bonchev–Trinajstić information content (AvgIpc) is 3.04. The van der Waals surface area contributed by atoms with Gasteiger partial charge in [-0.3, -0.25) is 15.1 Å². The highest BCUT2D eigenvalue weighted by Crippen LogP contribution is 2.48. The van der Waals surface area contributed by atoms with Gasteiger partial charge in [0.05, 0.1) is 21.3 Å². The number of fused-ring (bicyclic) bond motifs is 3. The summed E-state index contributed by atoms with van der Waals surface area (Å²) in [7, 11) is 2.08. The Hall–Kier alpha value is -2.90. The first-order valence-corrected chi connectivity index (χ1v) is 9.54. The van der Waals surface area contributed by atoms with E-state index in [-0.39, 0.29) is 22.7 Å². The largest absolute Gasteiger partial charge is 0.338 e. The lowest BCUT2D eigenvalue weighted by molar-refractivity contribution is -0.384. The molecule has 1 heterocycles. The molecule has 0 unspecified atom stereocenters. The van der Waals surface area contributed by atoms with E-state index < -0.39 is 4.92 Å². The summed E-state index contributed by atoms with van der Waals surface area (Å²) in [5.74, 6) is 0. The molecule has 0 N–H and O–H groups in total. The fourth-order valence-corrected chi connectivity index (χ4v) is 4.16. The van der Waals surface area contributed by atoms with Gasteiger partial charge in [-0.25, -0.2) is 0 Å². The highest BCUT2D eigenvalue weighted by Gasteiger charge is 2.23. The summed E-state index contributed by atoms with van der Waals surface area (Å²) in [5.41, 5.74) is 1.98. The van der Waals surface area contributed by atoms with E-state index in [9.17, 15) is 10.1 Å². The Morgan fingerprint density at radius 2 is 1.79 bits per heavy atom. The van der Waals surface area contributed by atoms with Crippen LogP contribution in [0.25, 0.3) is 10.8 Å². The van der Waals surface area contributed by atoms with Crippen LogP contribution in [0.3, 0.4) is 0 Å². The molecule has 7 heteroatoms. The highest BCUT2D eigenvalue weighted by atomic mass is 79.9. The van der Waals surface area contributed by atoms with Crippen molar-refractivity contribution in [2.45, 2.75) is 4.90 Å². The molecule has 0 spiro atoms. The van der Waals surface area contributed by atoms with Crippen LogP contribution < -0.4 is 4.90 Å². The maximum Gasteiger partial charge on any atom is 0.269 e. The summed E-state index contributed by atoms with van der Waals surface area (Å²) < 4.78 is 0. The number of nitro groups is 1. The van der Waals surface area contributed by atoms with Crippen molar-refractivity contribution in [1.29, 1.82) is 0 Å². The van der Waals surface area contributed by atoms with E-state index in [0.29, 0.717) is 5.69 Å². The quantitative estimate of drug-likeness (QED) is 0.244. The lowest BCUT2D eigenvalue weighted by atomic mass is 10.1. The number of rotatable bonds is 4. The zero-order valence-electron chi connectivity index (χ0n) is 15.6. The monoisotopic (exact) mass is 467 g/mol. The molecule has 1 aliphatic rings. The van der Waals surface area contributed by atoms with Crippen molar-refractivity contribution in [2.75, 3.05) is 11.9 Å². The second-order valence-electron chi connectivity index (χ2n) is 6.24. The lowest BCUT2D eigenvalue weighted by Crippen LogP contribution is -2.09. The summed E-state index contributed by atoms with van der Waals surface area (Å²) in [4.78, 5) is 18.0. The standard InChI is InChI=1S/C22H17N3O2S.BrH/c1-24-21(28-20-14-9-16-6-2-3-7-19(16)22(20)24)8-4-5-15-23-17-10-12-18(13-11-17)25(26)27;/h2-15H,1H3;1H. The maximum atomic E-state index is 10.7. The van der Waals surface area contributed by atoms with Crippen LogP contribution in [0.5, 0.6) is 0 Å². The Kier molecular flexibility index (Phi) is 6.51. The molecule has 0 saturated heterocycles. The van der Waals surface area contributed by atoms with E-state index >= 15 is 0 Å². The van der Waals surface area contributed by atoms with Crippen molar-refractivity contribution < 1.29 is 4.92 Å². The topological polar surface area (TPSA) is 58.7 Å². The summed E-state index contributed by atoms with van der Waals surface area (Å²) >= 11 is 1.75. The molecule has 146 valence electrons. The van der Waals surface area contributed by atoms with Crippen molar-refractivity contribution in [2.24, 2.45) is 4.99 Å². The summed E-state index contributed by atoms with van der Waals surface area (Å²) in [6.07, 6.45) is 7.54. The van der Waals surface area contributed by atoms with Gasteiger partial charge in [0.25, 0.3) is 5.69 Å². The zero-order chi connectivity index (χ0) is 19.5. The van der Waals surface area contributed by atoms with E-state index in [1.165, 1.54) is 33.5 Å². The third kappa shape index (κ3) is 4.41. The second kappa shape index (κ2) is 9.07. The number of nitro benzene ring substituents is 1. The van der Waals surface area contributed by atoms with Crippen LogP contribution in [0, 0.1) is 10.1 Å². The summed E-state index contributed by atoms with van der Waals surface area (Å²) in [5, 5.41) is 14.3. The van der Waals surface area contributed by atoms with Gasteiger partial charge in [0.2, 0.25) is 0 Å². The molecule has 0 bridgehead atoms. The Bertz CT molecular complexity index is 1140. The fraction of sp³-hybridized carbons (Fsp3) is 0.0455. The first kappa shape index (κ1) is 20.8. The molecular weight excluding hydrogens is 450 g/mol. The number of hydrogen-bond acceptors (Lipinski definition) is 5. The molecule has 0 amide bonds. The molecule has 0 fully saturated rings. The van der Waals surface area contributed by atoms with Gasteiger partial charge in [-0.1, -0.05) is 48.2 Å². The average molecular weight is 468 g/mol. The van der Waals surface area contributed by atoms with Gasteiger partial charge in [-0.05, 0) is 35.7 Å². The predicted octanol–water partition coefficient (Wildman–Crippen LogP) is 6.67. The number of non-ortho nitro benzene ring substituents is 1. The van der Waals surface area contributed by atoms with Crippen LogP contribution in [0.2, 0.25) is 0 Å². The minimum atomic E-state index is -0.420. The Labute approximate surface area is 183 Å². The van der Waals surface area contributed by atoms with Crippen molar-refractivity contribution in [3.05, 3.63) is 94.0 Å². The van der Waals surface area contributed by atoms with Crippen LogP contribution in [0.4, 0.5) is 17.1 Å². The molecule has 29 heavy (non-hydrogen) atoms. The smallest absolute Gasteiger partial charge is 0.269 e. The Morgan fingerprint density at radius 1 is 1.03 bits per heavy atom. The normalized spacial score (nSPS) is 14.7. The lowest BCUT2D eigenvalue weighted by Gasteiger charge is -2.15. The third-order valence-corrected chi connectivity index (χ3v) is 5.63. The molecule has 4 rings (SSSR count). The fourth-order valence-electron chi connectivity index (χ4n) is 3.08. The van der Waals surface area contributed by atoms with Crippen molar-refractivity contribution >= 4 is 62.8 Å². The van der Waals surface area contributed by atoms with Crippen molar-refractivity contribution in [3.63, 3.8) is 0 Å². The SMILES string of the molecule is Br.CN1C(=CC=CC=Nc2ccc([N+](=O)[O-])cc2)Sc2ccc3ccccc3c21. The number of anilines is 1. The van der Waals surface area contributed by atoms with E-state index in [4.69, 9.17) is 0 Å². The van der Waals surface area contributed by atoms with Crippen LogP contribution in [-0.4, -0.2) is 18.2 Å². The van der Waals surface area contributed by atoms with Crippen LogP contribution in [0.15, 0.2) is 93.8 Å². The molecule has 0 aromatic heterocycles. The molecule has 0 atom stereocenters. The number of thioether (sulfide) groups is 1. The van der Waals surface area contributed by atoms with E-state index in [1.54, 1.807) is 30.1 Å². The summed E-state index contributed by atoms with van der Waals surface area (Å²) in [6.45, 7) is 0. The molecular formula is C22H18BrN3O2S. The predicted molar refractivity (Wildman–Crippen MR) is 127 cm³/mol. The molecule has 3 aromatic rings. The summed E-state index contributed by atoms with van der Waals surface area (Å²) in [6, 6.07) is 18.9. The zero-order valence-corrected chi connectivity index (χ0v) is 18.1. The Morgan fingerprint density at radius 3 is 2.55 bits per heavy atom. The molecule has 3 aromatic carbocycles. The van der Waals surface area contributed by atoms with Crippen molar-refractivity contribution in [3.8, 4) is 0 Å². The molecule has 0 radical (unpaired) electrons. The number of nitrogens with zero attached hydrogens (tertiary/aromatic N) is 3. The van der Waals surface area contributed by atoms with Gasteiger partial charge in [-0.2, -0.15) is 0 Å². The van der Waals surface area contributed by atoms with Gasteiger partial charge in [0, 0.05) is 35.7 Å². The molecule has 1 aliphatic heterocycles. The molecule has 0 saturated carbocycles. The van der Waals surface area contributed by atoms with Gasteiger partial charge in [0.1, 0.15) is 0 Å². The van der Waals surface area contributed by atoms with Crippen LogP contribution >= 0.6 is 28.7 Å². The van der Waals surface area contributed by atoms with E-state index in [1.807, 2.05) is 12.2 Å². The van der Waals surface area contributed by atoms with E-state index in [2.05, 4.69) is 59.4 Å². The number of allylic oxidation sites excluding steroid dienone is 3. The Balaban J connectivity index is 0.00000240. The van der Waals surface area contributed by atoms with Crippen LogP contribution in [-0.2, 0) is 0 Å². The number of halogens is 1. The first-order valence-electron chi connectivity index (χ1n) is 8.72. The maximum absolute atomic E-state index is 10.7. The molecule has 5 nitrogen and oxygen atoms in total. The number of aliphatic imine (C=N–C) groups is 1. The van der Waals surface area contributed by atoms with Gasteiger partial charge < -0.3 is 4.90 Å². The van der Waals surface area contributed by atoms with Gasteiger partial charge >= 0.3 is 0 Å². The third-order valence-electron chi connectivity index (χ3n) is 4.46. The minimum Gasteiger partial charge on any atom is -0.338 e. The van der Waals surface area contributed by atoms with E-state index in [0.717, 1.165) is 5.03 Å². The first-order chi connectivity index (χ1) is 13.6. The number of hydrogen-bond donors (Lipinski definition) is 0. The highest BCUT2D eigenvalue weighted by molar-refractivity contribution is 8.93. The number of benzene rings is 3. The van der Waals surface area contributed by atoms with Crippen LogP contribution in [0.1, 0.15) is 0 Å².